The number of nitrogens with one attached hydrogen (secondary N) is 1. The van der Waals surface area contributed by atoms with Crippen LogP contribution in [0, 0.1) is 10.1 Å². The highest BCUT2D eigenvalue weighted by Crippen LogP contribution is 2.23. The van der Waals surface area contributed by atoms with Gasteiger partial charge < -0.3 is 15.8 Å². The zero-order valence-corrected chi connectivity index (χ0v) is 11.1. The third-order valence-electron chi connectivity index (χ3n) is 3.36. The van der Waals surface area contributed by atoms with Crippen LogP contribution in [0.3, 0.4) is 0 Å². The maximum Gasteiger partial charge on any atom is 0.270 e. The van der Waals surface area contributed by atoms with E-state index in [1.54, 1.807) is 0 Å². The lowest BCUT2D eigenvalue weighted by Gasteiger charge is -2.42. The van der Waals surface area contributed by atoms with Crippen LogP contribution in [0.15, 0.2) is 24.3 Å². The molecule has 2 rings (SSSR count). The van der Waals surface area contributed by atoms with Crippen LogP contribution < -0.4 is 11.1 Å². The van der Waals surface area contributed by atoms with Crippen LogP contribution in [0.2, 0.25) is 0 Å². The Labute approximate surface area is 116 Å². The molecule has 1 aliphatic rings. The molecule has 1 aromatic carbocycles. The second-order valence-electron chi connectivity index (χ2n) is 4.70. The highest BCUT2D eigenvalue weighted by molar-refractivity contribution is 5.95. The van der Waals surface area contributed by atoms with Crippen molar-refractivity contribution >= 4 is 11.6 Å². The lowest BCUT2D eigenvalue weighted by Crippen LogP contribution is -2.64. The monoisotopic (exact) mass is 279 g/mol. The number of rotatable bonds is 5. The van der Waals surface area contributed by atoms with Crippen LogP contribution in [0.1, 0.15) is 23.7 Å². The van der Waals surface area contributed by atoms with Gasteiger partial charge in [0.15, 0.2) is 0 Å². The molecular formula is C13H17N3O4. The molecule has 1 fully saturated rings. The van der Waals surface area contributed by atoms with Crippen LogP contribution in [-0.2, 0) is 4.74 Å². The van der Waals surface area contributed by atoms with Crippen molar-refractivity contribution in [3.05, 3.63) is 39.9 Å². The van der Waals surface area contributed by atoms with Crippen molar-refractivity contribution in [3.63, 3.8) is 0 Å². The van der Waals surface area contributed by atoms with Crippen molar-refractivity contribution in [2.75, 3.05) is 6.61 Å². The molecule has 3 N–H and O–H groups in total. The fourth-order valence-electron chi connectivity index (χ4n) is 2.22. The summed E-state index contributed by atoms with van der Waals surface area (Å²) in [6.07, 6.45) is 0.617. The minimum atomic E-state index is -0.533. The second kappa shape index (κ2) is 5.98. The Balaban J connectivity index is 2.04. The highest BCUT2D eigenvalue weighted by atomic mass is 16.6. The van der Waals surface area contributed by atoms with Gasteiger partial charge in [-0.15, -0.1) is 0 Å². The zero-order valence-electron chi connectivity index (χ0n) is 11.1. The van der Waals surface area contributed by atoms with Crippen molar-refractivity contribution in [1.29, 1.82) is 0 Å². The SMILES string of the molecule is CCOC1CC(N)C1NC(=O)c1cccc([N+](=O)[O-])c1. The van der Waals surface area contributed by atoms with Gasteiger partial charge >= 0.3 is 0 Å². The Hall–Kier alpha value is -1.99. The van der Waals surface area contributed by atoms with E-state index in [2.05, 4.69) is 5.32 Å². The number of hydrogen-bond acceptors (Lipinski definition) is 5. The lowest BCUT2D eigenvalue weighted by atomic mass is 9.83. The van der Waals surface area contributed by atoms with Crippen molar-refractivity contribution in [3.8, 4) is 0 Å². The van der Waals surface area contributed by atoms with Gasteiger partial charge in [-0.3, -0.25) is 14.9 Å². The molecule has 0 spiro atoms. The van der Waals surface area contributed by atoms with Gasteiger partial charge in [-0.2, -0.15) is 0 Å². The molecule has 7 nitrogen and oxygen atoms in total. The van der Waals surface area contributed by atoms with Crippen molar-refractivity contribution in [1.82, 2.24) is 5.32 Å². The normalized spacial score (nSPS) is 24.8. The number of carbonyl (C=O) groups is 1. The summed E-state index contributed by atoms with van der Waals surface area (Å²) in [6, 6.07) is 5.20. The molecule has 0 aliphatic heterocycles. The van der Waals surface area contributed by atoms with Gasteiger partial charge in [0.05, 0.1) is 17.1 Å². The topological polar surface area (TPSA) is 107 Å². The first kappa shape index (κ1) is 14.4. The summed E-state index contributed by atoms with van der Waals surface area (Å²) < 4.78 is 5.46. The molecule has 7 heteroatoms. The summed E-state index contributed by atoms with van der Waals surface area (Å²) in [6.45, 7) is 2.43. The van der Waals surface area contributed by atoms with E-state index in [4.69, 9.17) is 10.5 Å². The van der Waals surface area contributed by atoms with Crippen LogP contribution in [-0.4, -0.2) is 35.6 Å². The summed E-state index contributed by atoms with van der Waals surface area (Å²) in [5.41, 5.74) is 5.98. The summed E-state index contributed by atoms with van der Waals surface area (Å²) in [5.74, 6) is -0.376. The molecular weight excluding hydrogens is 262 g/mol. The second-order valence-corrected chi connectivity index (χ2v) is 4.70. The van der Waals surface area contributed by atoms with Gasteiger partial charge in [0, 0.05) is 30.3 Å². The van der Waals surface area contributed by atoms with E-state index in [9.17, 15) is 14.9 Å². The number of amides is 1. The number of ether oxygens (including phenoxy) is 1. The first-order valence-corrected chi connectivity index (χ1v) is 6.45. The number of hydrogen-bond donors (Lipinski definition) is 2. The van der Waals surface area contributed by atoms with E-state index in [1.807, 2.05) is 6.92 Å². The third kappa shape index (κ3) is 2.94. The molecule has 1 aliphatic carbocycles. The minimum Gasteiger partial charge on any atom is -0.376 e. The molecule has 0 radical (unpaired) electrons. The predicted octanol–water partition coefficient (Wildman–Crippen LogP) is 0.829. The summed E-state index contributed by atoms with van der Waals surface area (Å²) >= 11 is 0. The molecule has 1 amide bonds. The maximum absolute atomic E-state index is 12.1. The van der Waals surface area contributed by atoms with Gasteiger partial charge in [0.1, 0.15) is 0 Å². The molecule has 0 saturated heterocycles. The van der Waals surface area contributed by atoms with Gasteiger partial charge in [0.2, 0.25) is 0 Å². The number of non-ortho nitro benzene ring substituents is 1. The number of nitro benzene ring substituents is 1. The molecule has 0 aromatic heterocycles. The molecule has 0 bridgehead atoms. The van der Waals surface area contributed by atoms with Crippen LogP contribution in [0.5, 0.6) is 0 Å². The minimum absolute atomic E-state index is 0.0855. The van der Waals surface area contributed by atoms with Crippen LogP contribution >= 0.6 is 0 Å². The average Bonchev–Trinajstić information content (AvgIpc) is 2.44. The largest absolute Gasteiger partial charge is 0.376 e. The van der Waals surface area contributed by atoms with E-state index in [1.165, 1.54) is 24.3 Å². The van der Waals surface area contributed by atoms with Crippen LogP contribution in [0.25, 0.3) is 0 Å². The Morgan fingerprint density at radius 2 is 2.35 bits per heavy atom. The first-order chi connectivity index (χ1) is 9.52. The molecule has 3 unspecified atom stereocenters. The van der Waals surface area contributed by atoms with Gasteiger partial charge in [-0.25, -0.2) is 0 Å². The first-order valence-electron chi connectivity index (χ1n) is 6.45. The number of nitrogens with two attached hydrogens (primary N) is 1. The number of nitro groups is 1. The average molecular weight is 279 g/mol. The Morgan fingerprint density at radius 3 is 2.95 bits per heavy atom. The fraction of sp³-hybridized carbons (Fsp3) is 0.462. The van der Waals surface area contributed by atoms with Gasteiger partial charge in [0.25, 0.3) is 11.6 Å². The van der Waals surface area contributed by atoms with E-state index >= 15 is 0 Å². The van der Waals surface area contributed by atoms with Crippen molar-refractivity contribution < 1.29 is 14.5 Å². The highest BCUT2D eigenvalue weighted by Gasteiger charge is 2.40. The van der Waals surface area contributed by atoms with Crippen molar-refractivity contribution in [2.45, 2.75) is 31.5 Å². The molecule has 1 aromatic rings. The number of carbonyl (C=O) groups excluding carboxylic acids is 1. The van der Waals surface area contributed by atoms with Gasteiger partial charge in [-0.05, 0) is 19.4 Å². The molecule has 108 valence electrons. The lowest BCUT2D eigenvalue weighted by molar-refractivity contribution is -0.384. The van der Waals surface area contributed by atoms with Gasteiger partial charge in [-0.1, -0.05) is 6.07 Å². The Morgan fingerprint density at radius 1 is 1.60 bits per heavy atom. The predicted molar refractivity (Wildman–Crippen MR) is 72.4 cm³/mol. The zero-order chi connectivity index (χ0) is 14.7. The van der Waals surface area contributed by atoms with Crippen LogP contribution in [0.4, 0.5) is 5.69 Å². The van der Waals surface area contributed by atoms with Crippen molar-refractivity contribution in [2.24, 2.45) is 5.73 Å². The molecule has 3 atom stereocenters. The van der Waals surface area contributed by atoms with E-state index in [-0.39, 0.29) is 35.3 Å². The molecule has 1 saturated carbocycles. The quantitative estimate of drug-likeness (QED) is 0.613. The Kier molecular flexibility index (Phi) is 4.31. The van der Waals surface area contributed by atoms with E-state index in [0.29, 0.717) is 13.0 Å². The number of nitrogens with zero attached hydrogens (tertiary/aromatic N) is 1. The number of benzene rings is 1. The van der Waals surface area contributed by atoms with E-state index < -0.39 is 4.92 Å². The third-order valence-corrected chi connectivity index (χ3v) is 3.36. The summed E-state index contributed by atoms with van der Waals surface area (Å²) in [7, 11) is 0. The summed E-state index contributed by atoms with van der Waals surface area (Å²) in [4.78, 5) is 22.2. The van der Waals surface area contributed by atoms with E-state index in [0.717, 1.165) is 0 Å². The Bertz CT molecular complexity index is 518. The molecule has 0 heterocycles. The maximum atomic E-state index is 12.1. The summed E-state index contributed by atoms with van der Waals surface area (Å²) in [5, 5.41) is 13.5. The molecule has 20 heavy (non-hydrogen) atoms. The smallest absolute Gasteiger partial charge is 0.270 e. The standard InChI is InChI=1S/C13H17N3O4/c1-2-20-11-7-10(14)12(11)15-13(17)8-4-3-5-9(6-8)16(18)19/h3-6,10-12H,2,7,14H2,1H3,(H,15,17). The fourth-order valence-corrected chi connectivity index (χ4v) is 2.22.